The third-order valence-electron chi connectivity index (χ3n) is 3.57. The highest BCUT2D eigenvalue weighted by atomic mass is 32.2. The van der Waals surface area contributed by atoms with Crippen LogP contribution in [0, 0.1) is 5.92 Å². The molecule has 2 heterocycles. The Labute approximate surface area is 117 Å². The van der Waals surface area contributed by atoms with Gasteiger partial charge < -0.3 is 14.8 Å². The van der Waals surface area contributed by atoms with Crippen LogP contribution in [0.25, 0.3) is 0 Å². The van der Waals surface area contributed by atoms with Gasteiger partial charge >= 0.3 is 0 Å². The number of carbonyl (C=O) groups excluding carboxylic acids is 1. The second-order valence-electron chi connectivity index (χ2n) is 4.98. The number of hydrogen-bond acceptors (Lipinski definition) is 5. The number of amides is 1. The smallest absolute Gasteiger partial charge is 0.231 e. The molecule has 108 valence electrons. The van der Waals surface area contributed by atoms with E-state index in [0.717, 1.165) is 0 Å². The van der Waals surface area contributed by atoms with Crippen LogP contribution in [0.1, 0.15) is 12.8 Å². The van der Waals surface area contributed by atoms with E-state index in [-0.39, 0.29) is 30.1 Å². The van der Waals surface area contributed by atoms with Gasteiger partial charge in [-0.1, -0.05) is 0 Å². The van der Waals surface area contributed by atoms with Crippen molar-refractivity contribution in [2.24, 2.45) is 5.92 Å². The van der Waals surface area contributed by atoms with Crippen LogP contribution >= 0.6 is 0 Å². The van der Waals surface area contributed by atoms with Crippen molar-refractivity contribution in [3.05, 3.63) is 18.2 Å². The number of benzene rings is 1. The summed E-state index contributed by atoms with van der Waals surface area (Å²) in [5.41, 5.74) is 0.632. The van der Waals surface area contributed by atoms with E-state index >= 15 is 0 Å². The summed E-state index contributed by atoms with van der Waals surface area (Å²) in [6.45, 7) is 0.188. The first kappa shape index (κ1) is 13.2. The van der Waals surface area contributed by atoms with E-state index in [1.807, 2.05) is 0 Å². The summed E-state index contributed by atoms with van der Waals surface area (Å²) in [5.74, 6) is 1.06. The first-order valence-electron chi connectivity index (χ1n) is 6.44. The maximum atomic E-state index is 12.1. The van der Waals surface area contributed by atoms with E-state index in [2.05, 4.69) is 5.32 Å². The molecule has 3 rings (SSSR count). The molecule has 1 saturated heterocycles. The summed E-state index contributed by atoms with van der Waals surface area (Å²) in [7, 11) is -2.95. The number of rotatable bonds is 2. The molecule has 0 aliphatic carbocycles. The van der Waals surface area contributed by atoms with Crippen LogP contribution in [0.3, 0.4) is 0 Å². The number of hydrogen-bond donors (Lipinski definition) is 1. The van der Waals surface area contributed by atoms with Crippen LogP contribution in [-0.2, 0) is 14.6 Å². The van der Waals surface area contributed by atoms with Gasteiger partial charge in [0.15, 0.2) is 11.5 Å². The molecular weight excluding hydrogens is 282 g/mol. The minimum Gasteiger partial charge on any atom is -0.454 e. The molecule has 2 aliphatic rings. The van der Waals surface area contributed by atoms with Crippen LogP contribution < -0.4 is 14.8 Å². The van der Waals surface area contributed by atoms with E-state index < -0.39 is 9.84 Å². The number of ether oxygens (including phenoxy) is 2. The predicted molar refractivity (Wildman–Crippen MR) is 72.6 cm³/mol. The Morgan fingerprint density at radius 1 is 1.15 bits per heavy atom. The van der Waals surface area contributed by atoms with E-state index in [4.69, 9.17) is 9.47 Å². The van der Waals surface area contributed by atoms with E-state index in [0.29, 0.717) is 30.0 Å². The van der Waals surface area contributed by atoms with Crippen molar-refractivity contribution >= 4 is 21.4 Å². The van der Waals surface area contributed by atoms with Crippen LogP contribution in [0.4, 0.5) is 5.69 Å². The zero-order chi connectivity index (χ0) is 14.2. The van der Waals surface area contributed by atoms with Gasteiger partial charge in [-0.3, -0.25) is 4.79 Å². The second-order valence-corrected chi connectivity index (χ2v) is 7.29. The lowest BCUT2D eigenvalue weighted by atomic mass is 10.0. The van der Waals surface area contributed by atoms with Crippen molar-refractivity contribution in [3.8, 4) is 11.5 Å². The topological polar surface area (TPSA) is 81.7 Å². The van der Waals surface area contributed by atoms with Crippen molar-refractivity contribution in [2.75, 3.05) is 23.6 Å². The summed E-state index contributed by atoms with van der Waals surface area (Å²) < 4.78 is 33.1. The molecule has 20 heavy (non-hydrogen) atoms. The fourth-order valence-corrected chi connectivity index (χ4v) is 3.86. The molecule has 0 aromatic heterocycles. The fraction of sp³-hybridized carbons (Fsp3) is 0.462. The first-order chi connectivity index (χ1) is 9.53. The molecule has 1 aromatic rings. The average Bonchev–Trinajstić information content (AvgIpc) is 2.86. The molecule has 0 bridgehead atoms. The molecule has 0 spiro atoms. The Morgan fingerprint density at radius 3 is 2.60 bits per heavy atom. The summed E-state index contributed by atoms with van der Waals surface area (Å²) >= 11 is 0. The summed E-state index contributed by atoms with van der Waals surface area (Å²) in [6, 6.07) is 5.19. The van der Waals surface area contributed by atoms with Crippen LogP contribution in [0.2, 0.25) is 0 Å². The normalized spacial score (nSPS) is 20.6. The number of fused-ring (bicyclic) bond motifs is 1. The Hall–Kier alpha value is -1.76. The van der Waals surface area contributed by atoms with E-state index in [1.165, 1.54) is 0 Å². The molecule has 0 radical (unpaired) electrons. The Kier molecular flexibility index (Phi) is 3.29. The largest absolute Gasteiger partial charge is 0.454 e. The standard InChI is InChI=1S/C13H15NO5S/c15-13(9-3-5-20(16,17)6-4-9)14-10-1-2-11-12(7-10)19-8-18-11/h1-2,7,9H,3-6,8H2,(H,14,15). The van der Waals surface area contributed by atoms with Crippen LogP contribution in [0.5, 0.6) is 11.5 Å². The third kappa shape index (κ3) is 2.72. The quantitative estimate of drug-likeness (QED) is 0.886. The molecule has 0 unspecified atom stereocenters. The van der Waals surface area contributed by atoms with Gasteiger partial charge in [0.05, 0.1) is 11.5 Å². The molecule has 0 saturated carbocycles. The Morgan fingerprint density at radius 2 is 1.85 bits per heavy atom. The highest BCUT2D eigenvalue weighted by Crippen LogP contribution is 2.34. The number of carbonyl (C=O) groups is 1. The molecule has 1 N–H and O–H groups in total. The van der Waals surface area contributed by atoms with Crippen LogP contribution in [0.15, 0.2) is 18.2 Å². The molecule has 1 amide bonds. The molecule has 7 heteroatoms. The zero-order valence-corrected chi connectivity index (χ0v) is 11.6. The van der Waals surface area contributed by atoms with Crippen molar-refractivity contribution in [1.82, 2.24) is 0 Å². The average molecular weight is 297 g/mol. The maximum Gasteiger partial charge on any atom is 0.231 e. The maximum absolute atomic E-state index is 12.1. The van der Waals surface area contributed by atoms with Crippen LogP contribution in [-0.4, -0.2) is 32.6 Å². The minimum absolute atomic E-state index is 0.0895. The van der Waals surface area contributed by atoms with Gasteiger partial charge in [-0.25, -0.2) is 8.42 Å². The van der Waals surface area contributed by atoms with Crippen molar-refractivity contribution in [2.45, 2.75) is 12.8 Å². The lowest BCUT2D eigenvalue weighted by molar-refractivity contribution is -0.120. The number of nitrogens with one attached hydrogen (secondary N) is 1. The van der Waals surface area contributed by atoms with Crippen molar-refractivity contribution < 1.29 is 22.7 Å². The molecular formula is C13H15NO5S. The first-order valence-corrected chi connectivity index (χ1v) is 8.26. The zero-order valence-electron chi connectivity index (χ0n) is 10.8. The molecule has 1 fully saturated rings. The SMILES string of the molecule is O=C(Nc1ccc2c(c1)OCO2)C1CCS(=O)(=O)CC1. The van der Waals surface area contributed by atoms with Gasteiger partial charge in [0.25, 0.3) is 0 Å². The lowest BCUT2D eigenvalue weighted by Crippen LogP contribution is -2.31. The van der Waals surface area contributed by atoms with E-state index in [9.17, 15) is 13.2 Å². The Bertz CT molecular complexity index is 626. The van der Waals surface area contributed by atoms with Gasteiger partial charge in [-0.15, -0.1) is 0 Å². The molecule has 2 aliphatic heterocycles. The summed E-state index contributed by atoms with van der Waals surface area (Å²) in [4.78, 5) is 12.1. The van der Waals surface area contributed by atoms with Gasteiger partial charge in [0, 0.05) is 17.7 Å². The molecule has 1 aromatic carbocycles. The van der Waals surface area contributed by atoms with Gasteiger partial charge in [-0.05, 0) is 25.0 Å². The van der Waals surface area contributed by atoms with Crippen molar-refractivity contribution in [3.63, 3.8) is 0 Å². The number of sulfone groups is 1. The van der Waals surface area contributed by atoms with Gasteiger partial charge in [0.1, 0.15) is 9.84 Å². The van der Waals surface area contributed by atoms with Gasteiger partial charge in [0.2, 0.25) is 12.7 Å². The minimum atomic E-state index is -2.95. The Balaban J connectivity index is 1.65. The molecule has 6 nitrogen and oxygen atoms in total. The predicted octanol–water partition coefficient (Wildman–Crippen LogP) is 1.18. The number of anilines is 1. The monoisotopic (exact) mass is 297 g/mol. The fourth-order valence-electron chi connectivity index (χ4n) is 2.37. The summed E-state index contributed by atoms with van der Waals surface area (Å²) in [6.07, 6.45) is 0.775. The van der Waals surface area contributed by atoms with E-state index in [1.54, 1.807) is 18.2 Å². The van der Waals surface area contributed by atoms with Crippen molar-refractivity contribution in [1.29, 1.82) is 0 Å². The highest BCUT2D eigenvalue weighted by Gasteiger charge is 2.28. The molecule has 0 atom stereocenters. The lowest BCUT2D eigenvalue weighted by Gasteiger charge is -2.21. The summed E-state index contributed by atoms with van der Waals surface area (Å²) in [5, 5.41) is 2.80. The third-order valence-corrected chi connectivity index (χ3v) is 5.28. The van der Waals surface area contributed by atoms with Gasteiger partial charge in [-0.2, -0.15) is 0 Å². The highest BCUT2D eigenvalue weighted by molar-refractivity contribution is 7.91. The second kappa shape index (κ2) is 4.97.